The van der Waals surface area contributed by atoms with Crippen LogP contribution in [-0.2, 0) is 9.53 Å². The van der Waals surface area contributed by atoms with Gasteiger partial charge in [-0.3, -0.25) is 4.79 Å². The number of aryl methyl sites for hydroxylation is 1. The summed E-state index contributed by atoms with van der Waals surface area (Å²) in [6.45, 7) is 1.83. The molecule has 0 N–H and O–H groups in total. The van der Waals surface area contributed by atoms with Crippen molar-refractivity contribution in [2.45, 2.75) is 6.92 Å². The summed E-state index contributed by atoms with van der Waals surface area (Å²) < 4.78 is 10.00. The minimum atomic E-state index is -0.420. The van der Waals surface area contributed by atoms with E-state index in [1.54, 1.807) is 26.1 Å². The van der Waals surface area contributed by atoms with Crippen molar-refractivity contribution in [1.29, 1.82) is 0 Å². The summed E-state index contributed by atoms with van der Waals surface area (Å²) in [5.41, 5.74) is 1.79. The van der Waals surface area contributed by atoms with Gasteiger partial charge in [-0.05, 0) is 24.6 Å². The van der Waals surface area contributed by atoms with Gasteiger partial charge in [0.2, 0.25) is 0 Å². The third-order valence-corrected chi connectivity index (χ3v) is 2.80. The number of ether oxygens (including phenoxy) is 2. The first kappa shape index (κ1) is 11.4. The fourth-order valence-electron chi connectivity index (χ4n) is 1.75. The van der Waals surface area contributed by atoms with E-state index in [1.165, 1.54) is 12.0 Å². The van der Waals surface area contributed by atoms with Crippen molar-refractivity contribution >= 4 is 17.6 Å². The Morgan fingerprint density at radius 3 is 2.82 bits per heavy atom. The minimum Gasteiger partial charge on any atom is -0.482 e. The van der Waals surface area contributed by atoms with Gasteiger partial charge in [0.1, 0.15) is 5.75 Å². The summed E-state index contributed by atoms with van der Waals surface area (Å²) in [6.07, 6.45) is 0. The zero-order chi connectivity index (χ0) is 12.6. The summed E-state index contributed by atoms with van der Waals surface area (Å²) in [6, 6.07) is 3.36. The molecule has 1 aliphatic rings. The maximum absolute atomic E-state index is 11.5. The fourth-order valence-corrected chi connectivity index (χ4v) is 1.75. The van der Waals surface area contributed by atoms with E-state index in [9.17, 15) is 9.59 Å². The molecule has 17 heavy (non-hydrogen) atoms. The molecular weight excluding hydrogens is 222 g/mol. The molecule has 0 saturated heterocycles. The highest BCUT2D eigenvalue weighted by Gasteiger charge is 2.24. The van der Waals surface area contributed by atoms with E-state index in [-0.39, 0.29) is 12.5 Å². The third kappa shape index (κ3) is 1.84. The lowest BCUT2D eigenvalue weighted by atomic mass is 10.1. The summed E-state index contributed by atoms with van der Waals surface area (Å²) >= 11 is 0. The summed E-state index contributed by atoms with van der Waals surface area (Å²) in [7, 11) is 2.98. The Labute approximate surface area is 98.9 Å². The summed E-state index contributed by atoms with van der Waals surface area (Å²) in [5.74, 6) is 0.0474. The number of likely N-dealkylation sites (N-methyl/N-ethyl adjacent to an activating group) is 1. The van der Waals surface area contributed by atoms with E-state index in [0.717, 1.165) is 5.56 Å². The Balaban J connectivity index is 2.54. The standard InChI is InChI=1S/C12H13NO4/c1-7-4-10-9(5-8(7)12(15)16-3)13(2)11(14)6-17-10/h4-5H,6H2,1-3H3. The number of anilines is 1. The van der Waals surface area contributed by atoms with Gasteiger partial charge in [-0.1, -0.05) is 0 Å². The molecule has 2 rings (SSSR count). The maximum Gasteiger partial charge on any atom is 0.338 e. The van der Waals surface area contributed by atoms with Gasteiger partial charge in [0, 0.05) is 7.05 Å². The van der Waals surface area contributed by atoms with Crippen molar-refractivity contribution in [2.24, 2.45) is 0 Å². The van der Waals surface area contributed by atoms with Gasteiger partial charge in [-0.15, -0.1) is 0 Å². The number of fused-ring (bicyclic) bond motifs is 1. The van der Waals surface area contributed by atoms with Crippen LogP contribution in [-0.4, -0.2) is 32.6 Å². The number of hydrogen-bond acceptors (Lipinski definition) is 4. The highest BCUT2D eigenvalue weighted by Crippen LogP contribution is 2.34. The maximum atomic E-state index is 11.5. The van der Waals surface area contributed by atoms with Crippen molar-refractivity contribution in [1.82, 2.24) is 0 Å². The second-order valence-electron chi connectivity index (χ2n) is 3.87. The van der Waals surface area contributed by atoms with Crippen LogP contribution < -0.4 is 9.64 Å². The fraction of sp³-hybridized carbons (Fsp3) is 0.333. The number of benzene rings is 1. The first-order chi connectivity index (χ1) is 8.04. The van der Waals surface area contributed by atoms with Gasteiger partial charge >= 0.3 is 5.97 Å². The van der Waals surface area contributed by atoms with Crippen LogP contribution in [0, 0.1) is 6.92 Å². The van der Waals surface area contributed by atoms with Crippen molar-refractivity contribution < 1.29 is 19.1 Å². The highest BCUT2D eigenvalue weighted by atomic mass is 16.5. The van der Waals surface area contributed by atoms with Crippen molar-refractivity contribution in [2.75, 3.05) is 25.7 Å². The lowest BCUT2D eigenvalue weighted by molar-refractivity contribution is -0.121. The average molecular weight is 235 g/mol. The second kappa shape index (κ2) is 4.08. The quantitative estimate of drug-likeness (QED) is 0.685. The van der Waals surface area contributed by atoms with E-state index < -0.39 is 5.97 Å². The van der Waals surface area contributed by atoms with E-state index in [1.807, 2.05) is 0 Å². The highest BCUT2D eigenvalue weighted by molar-refractivity contribution is 6.00. The van der Waals surface area contributed by atoms with Crippen molar-refractivity contribution in [3.63, 3.8) is 0 Å². The first-order valence-corrected chi connectivity index (χ1v) is 5.17. The van der Waals surface area contributed by atoms with Crippen LogP contribution in [0.5, 0.6) is 5.75 Å². The van der Waals surface area contributed by atoms with E-state index in [4.69, 9.17) is 4.74 Å². The molecule has 0 unspecified atom stereocenters. The topological polar surface area (TPSA) is 55.8 Å². The Hall–Kier alpha value is -2.04. The molecule has 1 amide bonds. The Bertz CT molecular complexity index is 496. The molecule has 0 fully saturated rings. The largest absolute Gasteiger partial charge is 0.482 e. The normalized spacial score (nSPS) is 14.1. The number of methoxy groups -OCH3 is 1. The van der Waals surface area contributed by atoms with Gasteiger partial charge < -0.3 is 14.4 Å². The molecule has 0 spiro atoms. The average Bonchev–Trinajstić information content (AvgIpc) is 2.32. The molecule has 1 heterocycles. The number of rotatable bonds is 1. The molecule has 1 aromatic carbocycles. The lowest BCUT2D eigenvalue weighted by Crippen LogP contribution is -2.35. The third-order valence-electron chi connectivity index (χ3n) is 2.80. The minimum absolute atomic E-state index is 0.0283. The number of nitrogens with zero attached hydrogens (tertiary/aromatic N) is 1. The number of carbonyl (C=O) groups is 2. The summed E-state index contributed by atoms with van der Waals surface area (Å²) in [4.78, 5) is 24.5. The van der Waals surface area contributed by atoms with Crippen LogP contribution in [0.15, 0.2) is 12.1 Å². The molecule has 5 heteroatoms. The second-order valence-corrected chi connectivity index (χ2v) is 3.87. The van der Waals surface area contributed by atoms with Crippen molar-refractivity contribution in [3.05, 3.63) is 23.3 Å². The SMILES string of the molecule is COC(=O)c1cc2c(cc1C)OCC(=O)N2C. The molecule has 90 valence electrons. The van der Waals surface area contributed by atoms with Gasteiger partial charge in [0.05, 0.1) is 18.4 Å². The number of amides is 1. The van der Waals surface area contributed by atoms with E-state index in [0.29, 0.717) is 17.0 Å². The zero-order valence-electron chi connectivity index (χ0n) is 9.94. The monoisotopic (exact) mass is 235 g/mol. The predicted molar refractivity (Wildman–Crippen MR) is 61.4 cm³/mol. The summed E-state index contributed by atoms with van der Waals surface area (Å²) in [5, 5.41) is 0. The molecule has 0 radical (unpaired) electrons. The van der Waals surface area contributed by atoms with Crippen LogP contribution in [0.2, 0.25) is 0 Å². The zero-order valence-corrected chi connectivity index (χ0v) is 9.94. The number of hydrogen-bond donors (Lipinski definition) is 0. The molecule has 5 nitrogen and oxygen atoms in total. The van der Waals surface area contributed by atoms with Crippen LogP contribution >= 0.6 is 0 Å². The lowest BCUT2D eigenvalue weighted by Gasteiger charge is -2.26. The first-order valence-electron chi connectivity index (χ1n) is 5.17. The Kier molecular flexibility index (Phi) is 2.75. The van der Waals surface area contributed by atoms with Gasteiger partial charge in [0.25, 0.3) is 5.91 Å². The van der Waals surface area contributed by atoms with Gasteiger partial charge in [-0.2, -0.15) is 0 Å². The molecule has 1 aliphatic heterocycles. The van der Waals surface area contributed by atoms with Gasteiger partial charge in [-0.25, -0.2) is 4.79 Å². The van der Waals surface area contributed by atoms with Crippen LogP contribution in [0.4, 0.5) is 5.69 Å². The van der Waals surface area contributed by atoms with E-state index in [2.05, 4.69) is 4.74 Å². The van der Waals surface area contributed by atoms with E-state index >= 15 is 0 Å². The Morgan fingerprint density at radius 2 is 2.18 bits per heavy atom. The molecule has 0 aliphatic carbocycles. The number of carbonyl (C=O) groups excluding carboxylic acids is 2. The van der Waals surface area contributed by atoms with Crippen LogP contribution in [0.3, 0.4) is 0 Å². The molecule has 0 saturated carbocycles. The van der Waals surface area contributed by atoms with Crippen LogP contribution in [0.25, 0.3) is 0 Å². The predicted octanol–water partition coefficient (Wildman–Crippen LogP) is 1.14. The Morgan fingerprint density at radius 1 is 1.47 bits per heavy atom. The molecule has 1 aromatic rings. The number of esters is 1. The van der Waals surface area contributed by atoms with Crippen LogP contribution in [0.1, 0.15) is 15.9 Å². The molecule has 0 aromatic heterocycles. The van der Waals surface area contributed by atoms with Gasteiger partial charge in [0.15, 0.2) is 6.61 Å². The molecule has 0 atom stereocenters. The molecule has 0 bridgehead atoms. The smallest absolute Gasteiger partial charge is 0.338 e. The van der Waals surface area contributed by atoms with Crippen molar-refractivity contribution in [3.8, 4) is 5.75 Å². The molecular formula is C12H13NO4.